The van der Waals surface area contributed by atoms with E-state index in [1.807, 2.05) is 36.4 Å². The van der Waals surface area contributed by atoms with Crippen molar-refractivity contribution in [3.8, 4) is 11.5 Å². The first-order valence-electron chi connectivity index (χ1n) is 10.3. The molecule has 31 heavy (non-hydrogen) atoms. The zero-order chi connectivity index (χ0) is 22.3. The predicted molar refractivity (Wildman–Crippen MR) is 118 cm³/mol. The third-order valence-electron chi connectivity index (χ3n) is 5.23. The zero-order valence-corrected chi connectivity index (χ0v) is 18.3. The Kier molecular flexibility index (Phi) is 7.71. The van der Waals surface area contributed by atoms with E-state index in [1.165, 1.54) is 5.56 Å². The van der Waals surface area contributed by atoms with E-state index in [2.05, 4.69) is 32.6 Å². The van der Waals surface area contributed by atoms with Crippen molar-refractivity contribution >= 4 is 5.97 Å². The number of carbonyl (C=O) groups excluding carboxylic acids is 1. The molecule has 6 heteroatoms. The van der Waals surface area contributed by atoms with E-state index in [0.29, 0.717) is 12.4 Å². The lowest BCUT2D eigenvalue weighted by atomic mass is 9.78. The van der Waals surface area contributed by atoms with Gasteiger partial charge in [-0.05, 0) is 35.4 Å². The number of esters is 1. The van der Waals surface area contributed by atoms with Gasteiger partial charge in [-0.15, -0.1) is 0 Å². The molecule has 0 bridgehead atoms. The van der Waals surface area contributed by atoms with Crippen LogP contribution in [0.1, 0.15) is 25.0 Å². The van der Waals surface area contributed by atoms with Gasteiger partial charge in [0.1, 0.15) is 30.8 Å². The third kappa shape index (κ3) is 6.57. The highest BCUT2D eigenvalue weighted by Gasteiger charge is 2.25. The van der Waals surface area contributed by atoms with E-state index in [-0.39, 0.29) is 24.7 Å². The van der Waals surface area contributed by atoms with E-state index in [1.54, 1.807) is 7.11 Å². The molecule has 1 heterocycles. The summed E-state index contributed by atoms with van der Waals surface area (Å²) >= 11 is 0. The van der Waals surface area contributed by atoms with Gasteiger partial charge in [0, 0.05) is 18.6 Å². The maximum Gasteiger partial charge on any atom is 0.330 e. The quantitative estimate of drug-likeness (QED) is 0.291. The Morgan fingerprint density at radius 3 is 2.10 bits per heavy atom. The molecule has 1 aliphatic rings. The average Bonchev–Trinajstić information content (AvgIpc) is 3.61. The Hall–Kier alpha value is -2.83. The summed E-state index contributed by atoms with van der Waals surface area (Å²) in [4.78, 5) is 11.4. The van der Waals surface area contributed by atoms with Gasteiger partial charge in [0.05, 0.1) is 13.2 Å². The molecular weight excluding hydrogens is 396 g/mol. The van der Waals surface area contributed by atoms with Crippen molar-refractivity contribution in [1.29, 1.82) is 0 Å². The fourth-order valence-corrected chi connectivity index (χ4v) is 3.16. The highest BCUT2D eigenvalue weighted by Crippen LogP contribution is 2.33. The van der Waals surface area contributed by atoms with Crippen LogP contribution < -0.4 is 9.47 Å². The number of ether oxygens (including phenoxy) is 5. The SMILES string of the molecule is C=CC(=O)OC(COC)COc1ccc(C(C)(C)c2ccc(OCC3CO3)cc2)cc1. The Labute approximate surface area is 183 Å². The number of benzene rings is 2. The van der Waals surface area contributed by atoms with Crippen LogP contribution in [0.3, 0.4) is 0 Å². The Balaban J connectivity index is 1.59. The molecule has 0 amide bonds. The summed E-state index contributed by atoms with van der Waals surface area (Å²) in [6.07, 6.45) is 0.870. The number of hydrogen-bond acceptors (Lipinski definition) is 6. The first-order valence-corrected chi connectivity index (χ1v) is 10.3. The van der Waals surface area contributed by atoms with Crippen LogP contribution in [0, 0.1) is 0 Å². The molecule has 3 rings (SSSR count). The van der Waals surface area contributed by atoms with Gasteiger partial charge in [-0.2, -0.15) is 0 Å². The van der Waals surface area contributed by atoms with Crippen molar-refractivity contribution in [2.45, 2.75) is 31.5 Å². The van der Waals surface area contributed by atoms with Crippen LogP contribution in [0.25, 0.3) is 0 Å². The molecule has 0 radical (unpaired) electrons. The number of rotatable bonds is 12. The number of epoxide rings is 1. The van der Waals surface area contributed by atoms with Gasteiger partial charge in [0.2, 0.25) is 0 Å². The molecule has 6 nitrogen and oxygen atoms in total. The van der Waals surface area contributed by atoms with Crippen molar-refractivity contribution < 1.29 is 28.5 Å². The summed E-state index contributed by atoms with van der Waals surface area (Å²) in [7, 11) is 1.55. The minimum atomic E-state index is -0.501. The van der Waals surface area contributed by atoms with E-state index in [4.69, 9.17) is 23.7 Å². The molecule has 2 aromatic carbocycles. The van der Waals surface area contributed by atoms with Crippen molar-refractivity contribution in [3.05, 3.63) is 72.3 Å². The fourth-order valence-electron chi connectivity index (χ4n) is 3.16. The van der Waals surface area contributed by atoms with Crippen LogP contribution in [0.15, 0.2) is 61.2 Å². The normalized spacial score (nSPS) is 16.3. The van der Waals surface area contributed by atoms with Gasteiger partial charge >= 0.3 is 5.97 Å². The van der Waals surface area contributed by atoms with Crippen LogP contribution in [0.5, 0.6) is 11.5 Å². The second-order valence-electron chi connectivity index (χ2n) is 7.97. The molecule has 0 saturated carbocycles. The zero-order valence-electron chi connectivity index (χ0n) is 18.3. The van der Waals surface area contributed by atoms with Gasteiger partial charge in [-0.1, -0.05) is 44.7 Å². The number of hydrogen-bond donors (Lipinski definition) is 0. The maximum absolute atomic E-state index is 11.4. The highest BCUT2D eigenvalue weighted by molar-refractivity contribution is 5.81. The molecule has 1 saturated heterocycles. The lowest BCUT2D eigenvalue weighted by molar-refractivity contribution is -0.147. The second-order valence-corrected chi connectivity index (χ2v) is 7.97. The smallest absolute Gasteiger partial charge is 0.330 e. The highest BCUT2D eigenvalue weighted by atomic mass is 16.6. The maximum atomic E-state index is 11.4. The van der Waals surface area contributed by atoms with Crippen molar-refractivity contribution in [2.24, 2.45) is 0 Å². The monoisotopic (exact) mass is 426 g/mol. The second kappa shape index (κ2) is 10.5. The fraction of sp³-hybridized carbons (Fsp3) is 0.400. The summed E-state index contributed by atoms with van der Waals surface area (Å²) in [6, 6.07) is 16.1. The van der Waals surface area contributed by atoms with Gasteiger partial charge < -0.3 is 23.7 Å². The van der Waals surface area contributed by atoms with E-state index in [0.717, 1.165) is 24.0 Å². The average molecular weight is 427 g/mol. The topological polar surface area (TPSA) is 66.5 Å². The third-order valence-corrected chi connectivity index (χ3v) is 5.23. The molecule has 0 spiro atoms. The van der Waals surface area contributed by atoms with Gasteiger partial charge in [0.15, 0.2) is 6.10 Å². The summed E-state index contributed by atoms with van der Waals surface area (Å²) in [5.41, 5.74) is 2.16. The van der Waals surface area contributed by atoms with E-state index < -0.39 is 12.1 Å². The molecule has 0 N–H and O–H groups in total. The van der Waals surface area contributed by atoms with Gasteiger partial charge in [0.25, 0.3) is 0 Å². The van der Waals surface area contributed by atoms with Crippen molar-refractivity contribution in [3.63, 3.8) is 0 Å². The first-order chi connectivity index (χ1) is 14.9. The molecule has 2 atom stereocenters. The predicted octanol–water partition coefficient (Wildman–Crippen LogP) is 3.91. The molecule has 2 unspecified atom stereocenters. The summed E-state index contributed by atoms with van der Waals surface area (Å²) in [6.45, 7) is 9.60. The largest absolute Gasteiger partial charge is 0.491 e. The molecule has 0 aliphatic carbocycles. The Bertz CT molecular complexity index is 853. The molecule has 2 aromatic rings. The number of methoxy groups -OCH3 is 1. The molecule has 1 fully saturated rings. The molecule has 1 aliphatic heterocycles. The van der Waals surface area contributed by atoms with Crippen LogP contribution in [-0.2, 0) is 24.4 Å². The van der Waals surface area contributed by atoms with Gasteiger partial charge in [-0.25, -0.2) is 4.79 Å². The van der Waals surface area contributed by atoms with Crippen LogP contribution in [-0.4, -0.2) is 51.7 Å². The van der Waals surface area contributed by atoms with Crippen molar-refractivity contribution in [2.75, 3.05) is 33.5 Å². The van der Waals surface area contributed by atoms with Gasteiger partial charge in [-0.3, -0.25) is 0 Å². The lowest BCUT2D eigenvalue weighted by Crippen LogP contribution is -2.28. The molecule has 166 valence electrons. The minimum absolute atomic E-state index is 0.186. The van der Waals surface area contributed by atoms with Crippen LogP contribution in [0.4, 0.5) is 0 Å². The van der Waals surface area contributed by atoms with Crippen LogP contribution in [0.2, 0.25) is 0 Å². The summed E-state index contributed by atoms with van der Waals surface area (Å²) in [5.74, 6) is 1.04. The molecule has 0 aromatic heterocycles. The standard InChI is InChI=1S/C25H30O6/c1-5-24(26)31-23(14-27-4)17-29-21-12-8-19(9-13-21)25(2,3)18-6-10-20(11-7-18)28-15-22-16-30-22/h5-13,22-23H,1,14-17H2,2-4H3. The number of carbonyl (C=O) groups is 1. The Morgan fingerprint density at radius 1 is 1.06 bits per heavy atom. The lowest BCUT2D eigenvalue weighted by Gasteiger charge is -2.26. The molecular formula is C25H30O6. The Morgan fingerprint density at radius 2 is 1.61 bits per heavy atom. The summed E-state index contributed by atoms with van der Waals surface area (Å²) in [5, 5.41) is 0. The van der Waals surface area contributed by atoms with Crippen molar-refractivity contribution in [1.82, 2.24) is 0 Å². The minimum Gasteiger partial charge on any atom is -0.491 e. The van der Waals surface area contributed by atoms with Crippen LogP contribution >= 0.6 is 0 Å². The summed E-state index contributed by atoms with van der Waals surface area (Å²) < 4.78 is 27.0. The van der Waals surface area contributed by atoms with E-state index >= 15 is 0 Å². The van der Waals surface area contributed by atoms with E-state index in [9.17, 15) is 4.79 Å². The first kappa shape index (κ1) is 22.8.